The maximum Gasteiger partial charge on any atom is 0.339 e. The van der Waals surface area contributed by atoms with E-state index in [4.69, 9.17) is 11.2 Å². The molecule has 0 aliphatic heterocycles. The number of hydrogen-bond acceptors (Lipinski definition) is 2. The molecule has 0 aliphatic carbocycles. The second-order valence-electron chi connectivity index (χ2n) is 6.26. The zero-order valence-corrected chi connectivity index (χ0v) is 15.5. The maximum atomic E-state index is 12.7. The molecule has 0 bridgehead atoms. The number of esters is 1. The van der Waals surface area contributed by atoms with Gasteiger partial charge in [-0.05, 0) is 24.3 Å². The molecule has 0 saturated carbocycles. The Morgan fingerprint density at radius 1 is 0.857 bits per heavy atom. The zero-order valence-electron chi connectivity index (χ0n) is 15.5. The van der Waals surface area contributed by atoms with E-state index in [0.29, 0.717) is 18.4 Å². The van der Waals surface area contributed by atoms with E-state index in [1.807, 2.05) is 66.7 Å². The third kappa shape index (κ3) is 4.70. The third-order valence-electron chi connectivity index (χ3n) is 4.36. The van der Waals surface area contributed by atoms with E-state index >= 15 is 0 Å². The van der Waals surface area contributed by atoms with Gasteiger partial charge in [-0.1, -0.05) is 84.5 Å². The van der Waals surface area contributed by atoms with Gasteiger partial charge in [-0.2, -0.15) is 0 Å². The summed E-state index contributed by atoms with van der Waals surface area (Å²) < 4.78 is 5.87. The fraction of sp³-hybridized carbons (Fsp3) is 0.115. The van der Waals surface area contributed by atoms with Crippen molar-refractivity contribution in [3.05, 3.63) is 108 Å². The number of carbonyl (C=O) groups is 1. The smallest absolute Gasteiger partial charge is 0.339 e. The minimum absolute atomic E-state index is 0.409. The summed E-state index contributed by atoms with van der Waals surface area (Å²) in [5.41, 5.74) is 1.01. The average Bonchev–Trinajstić information content (AvgIpc) is 2.77. The van der Waals surface area contributed by atoms with E-state index in [-0.39, 0.29) is 0 Å². The highest BCUT2D eigenvalue weighted by molar-refractivity contribution is 5.89. The highest BCUT2D eigenvalue weighted by atomic mass is 16.6. The quantitative estimate of drug-likeness (QED) is 0.459. The van der Waals surface area contributed by atoms with Gasteiger partial charge in [0.1, 0.15) is 0 Å². The number of terminal acetylenes is 1. The molecule has 136 valence electrons. The van der Waals surface area contributed by atoms with E-state index in [9.17, 15) is 4.79 Å². The Kier molecular flexibility index (Phi) is 6.29. The molecule has 0 aromatic heterocycles. The minimum atomic E-state index is -1.17. The van der Waals surface area contributed by atoms with Crippen LogP contribution in [0.1, 0.15) is 34.3 Å². The van der Waals surface area contributed by atoms with Crippen LogP contribution in [-0.2, 0) is 10.3 Å². The van der Waals surface area contributed by atoms with E-state index in [2.05, 4.69) is 17.8 Å². The SMILES string of the molecule is C#CC(CCC#Cc1ccccc1)(OC(=O)c1ccccc1)c1ccccc1. The Balaban J connectivity index is 1.83. The lowest BCUT2D eigenvalue weighted by molar-refractivity contribution is 0.00309. The highest BCUT2D eigenvalue weighted by Crippen LogP contribution is 2.31. The van der Waals surface area contributed by atoms with Crippen molar-refractivity contribution in [1.29, 1.82) is 0 Å². The number of rotatable bonds is 5. The molecule has 0 fully saturated rings. The van der Waals surface area contributed by atoms with E-state index in [1.54, 1.807) is 24.3 Å². The van der Waals surface area contributed by atoms with Gasteiger partial charge in [0.15, 0.2) is 5.60 Å². The maximum absolute atomic E-state index is 12.7. The van der Waals surface area contributed by atoms with Gasteiger partial charge in [0.25, 0.3) is 0 Å². The van der Waals surface area contributed by atoms with Crippen molar-refractivity contribution in [3.63, 3.8) is 0 Å². The van der Waals surface area contributed by atoms with Crippen LogP contribution in [0.4, 0.5) is 0 Å². The molecule has 0 aliphatic rings. The van der Waals surface area contributed by atoms with Crippen molar-refractivity contribution in [2.24, 2.45) is 0 Å². The molecule has 0 amide bonds. The number of carbonyl (C=O) groups excluding carboxylic acids is 1. The van der Waals surface area contributed by atoms with Crippen LogP contribution in [0.15, 0.2) is 91.0 Å². The van der Waals surface area contributed by atoms with Crippen LogP contribution in [-0.4, -0.2) is 5.97 Å². The van der Waals surface area contributed by atoms with Crippen LogP contribution in [0.25, 0.3) is 0 Å². The second kappa shape index (κ2) is 9.26. The molecule has 0 heterocycles. The number of ether oxygens (including phenoxy) is 1. The lowest BCUT2D eigenvalue weighted by atomic mass is 9.89. The first-order valence-electron chi connectivity index (χ1n) is 9.09. The van der Waals surface area contributed by atoms with Crippen molar-refractivity contribution in [3.8, 4) is 24.2 Å². The Bertz CT molecular complexity index is 1010. The molecule has 3 aromatic rings. The van der Waals surface area contributed by atoms with Crippen LogP contribution in [0, 0.1) is 24.2 Å². The summed E-state index contributed by atoms with van der Waals surface area (Å²) >= 11 is 0. The van der Waals surface area contributed by atoms with Gasteiger partial charge in [0.05, 0.1) is 5.56 Å². The van der Waals surface area contributed by atoms with Crippen LogP contribution in [0.2, 0.25) is 0 Å². The van der Waals surface area contributed by atoms with Gasteiger partial charge < -0.3 is 4.74 Å². The second-order valence-corrected chi connectivity index (χ2v) is 6.26. The van der Waals surface area contributed by atoms with Crippen molar-refractivity contribution >= 4 is 5.97 Å². The van der Waals surface area contributed by atoms with Crippen LogP contribution in [0.5, 0.6) is 0 Å². The largest absolute Gasteiger partial charge is 0.438 e. The first kappa shape index (κ1) is 19.0. The minimum Gasteiger partial charge on any atom is -0.438 e. The van der Waals surface area contributed by atoms with E-state index < -0.39 is 11.6 Å². The summed E-state index contributed by atoms with van der Waals surface area (Å²) in [6.45, 7) is 0. The van der Waals surface area contributed by atoms with E-state index in [1.165, 1.54) is 0 Å². The Hall–Kier alpha value is -3.75. The first-order valence-corrected chi connectivity index (χ1v) is 9.09. The summed E-state index contributed by atoms with van der Waals surface area (Å²) in [6, 6.07) is 28.0. The lowest BCUT2D eigenvalue weighted by Gasteiger charge is -2.28. The van der Waals surface area contributed by atoms with Gasteiger partial charge >= 0.3 is 5.97 Å². The highest BCUT2D eigenvalue weighted by Gasteiger charge is 2.34. The monoisotopic (exact) mass is 364 g/mol. The molecule has 1 unspecified atom stereocenters. The topological polar surface area (TPSA) is 26.3 Å². The molecule has 0 spiro atoms. The molecule has 2 nitrogen and oxygen atoms in total. The number of hydrogen-bond donors (Lipinski definition) is 0. The molecule has 3 aromatic carbocycles. The molecule has 1 atom stereocenters. The fourth-order valence-corrected chi connectivity index (χ4v) is 2.86. The summed E-state index contributed by atoms with van der Waals surface area (Å²) in [5, 5.41) is 0. The van der Waals surface area contributed by atoms with Crippen LogP contribution >= 0.6 is 0 Å². The Morgan fingerprint density at radius 3 is 2.04 bits per heavy atom. The lowest BCUT2D eigenvalue weighted by Crippen LogP contribution is -2.31. The van der Waals surface area contributed by atoms with Crippen LogP contribution in [0.3, 0.4) is 0 Å². The van der Waals surface area contributed by atoms with Crippen molar-refractivity contribution < 1.29 is 9.53 Å². The Labute approximate surface area is 166 Å². The summed E-state index contributed by atoms with van der Waals surface area (Å²) in [5.74, 6) is 8.53. The van der Waals surface area contributed by atoms with Crippen molar-refractivity contribution in [1.82, 2.24) is 0 Å². The fourth-order valence-electron chi connectivity index (χ4n) is 2.86. The number of benzene rings is 3. The molecule has 2 heteroatoms. The summed E-state index contributed by atoms with van der Waals surface area (Å²) in [7, 11) is 0. The normalized spacial score (nSPS) is 12.0. The van der Waals surface area contributed by atoms with Crippen molar-refractivity contribution in [2.45, 2.75) is 18.4 Å². The third-order valence-corrected chi connectivity index (χ3v) is 4.36. The molecular weight excluding hydrogens is 344 g/mol. The van der Waals surface area contributed by atoms with Crippen LogP contribution < -0.4 is 0 Å². The first-order chi connectivity index (χ1) is 13.7. The van der Waals surface area contributed by atoms with Gasteiger partial charge in [0, 0.05) is 24.0 Å². The van der Waals surface area contributed by atoms with Gasteiger partial charge in [-0.3, -0.25) is 0 Å². The average molecular weight is 364 g/mol. The molecule has 28 heavy (non-hydrogen) atoms. The molecule has 0 radical (unpaired) electrons. The van der Waals surface area contributed by atoms with Crippen molar-refractivity contribution in [2.75, 3.05) is 0 Å². The van der Waals surface area contributed by atoms with Gasteiger partial charge in [0.2, 0.25) is 0 Å². The van der Waals surface area contributed by atoms with Gasteiger partial charge in [-0.15, -0.1) is 6.42 Å². The predicted molar refractivity (Wildman–Crippen MR) is 111 cm³/mol. The molecule has 0 saturated heterocycles. The molecule has 3 rings (SSSR count). The molecule has 0 N–H and O–H groups in total. The summed E-state index contributed by atoms with van der Waals surface area (Å²) in [6.07, 6.45) is 6.79. The van der Waals surface area contributed by atoms with Gasteiger partial charge in [-0.25, -0.2) is 4.79 Å². The standard InChI is InChI=1S/C26H20O2/c1-2-26(24-19-10-5-11-20-24,28-25(27)23-17-8-4-9-18-23)21-13-12-16-22-14-6-3-7-15-22/h1,3-11,14-15,17-20H,13,21H2. The molecular formula is C26H20O2. The zero-order chi connectivity index (χ0) is 19.7. The Morgan fingerprint density at radius 2 is 1.43 bits per heavy atom. The summed E-state index contributed by atoms with van der Waals surface area (Å²) in [4.78, 5) is 12.7. The van der Waals surface area contributed by atoms with E-state index in [0.717, 1.165) is 11.1 Å². The predicted octanol–water partition coefficient (Wildman–Crippen LogP) is 5.20.